The number of hydrogen-bond acceptors (Lipinski definition) is 4. The van der Waals surface area contributed by atoms with Crippen LogP contribution in [-0.4, -0.2) is 15.3 Å². The summed E-state index contributed by atoms with van der Waals surface area (Å²) in [5.74, 6) is -0.109. The number of nitrogens with zero attached hydrogens (tertiary/aromatic N) is 2. The molecule has 6 heteroatoms. The van der Waals surface area contributed by atoms with E-state index in [4.69, 9.17) is 11.6 Å². The van der Waals surface area contributed by atoms with Gasteiger partial charge in [0.1, 0.15) is 5.00 Å². The van der Waals surface area contributed by atoms with Crippen molar-refractivity contribution < 1.29 is 4.79 Å². The van der Waals surface area contributed by atoms with Crippen molar-refractivity contribution in [2.24, 2.45) is 0 Å². The van der Waals surface area contributed by atoms with Crippen molar-refractivity contribution in [2.45, 2.75) is 33.1 Å². The van der Waals surface area contributed by atoms with Gasteiger partial charge in [-0.1, -0.05) is 37.1 Å². The second kappa shape index (κ2) is 7.28. The minimum absolute atomic E-state index is 0.109. The molecule has 0 bridgehead atoms. The summed E-state index contributed by atoms with van der Waals surface area (Å²) in [7, 11) is 0. The van der Waals surface area contributed by atoms with Crippen LogP contribution in [0.15, 0.2) is 30.5 Å². The van der Waals surface area contributed by atoms with E-state index in [-0.39, 0.29) is 12.3 Å². The van der Waals surface area contributed by atoms with Gasteiger partial charge >= 0.3 is 0 Å². The van der Waals surface area contributed by atoms with E-state index in [0.717, 1.165) is 35.0 Å². The number of carbonyl (C=O) groups is 1. The largest absolute Gasteiger partial charge is 0.315 e. The number of nitrogens with one attached hydrogen (secondary N) is 1. The van der Waals surface area contributed by atoms with E-state index in [1.165, 1.54) is 17.1 Å². The highest BCUT2D eigenvalue weighted by Crippen LogP contribution is 2.29. The van der Waals surface area contributed by atoms with Crippen LogP contribution in [0.3, 0.4) is 0 Å². The number of benzene rings is 1. The quantitative estimate of drug-likeness (QED) is 0.712. The molecule has 0 fully saturated rings. The van der Waals surface area contributed by atoms with Gasteiger partial charge < -0.3 is 5.32 Å². The van der Waals surface area contributed by atoms with E-state index >= 15 is 0 Å². The van der Waals surface area contributed by atoms with Crippen LogP contribution in [-0.2, 0) is 17.6 Å². The molecule has 0 atom stereocenters. The van der Waals surface area contributed by atoms with Crippen LogP contribution in [0.1, 0.15) is 30.2 Å². The van der Waals surface area contributed by atoms with Crippen molar-refractivity contribution in [3.05, 3.63) is 52.3 Å². The minimum Gasteiger partial charge on any atom is -0.315 e. The van der Waals surface area contributed by atoms with Gasteiger partial charge in [-0.2, -0.15) is 4.37 Å². The average molecular weight is 360 g/mol. The summed E-state index contributed by atoms with van der Waals surface area (Å²) in [4.78, 5) is 16.7. The monoisotopic (exact) mass is 359 g/mol. The number of fused-ring (bicyclic) bond motifs is 1. The summed E-state index contributed by atoms with van der Waals surface area (Å²) >= 11 is 7.30. The Hall–Kier alpha value is -1.98. The van der Waals surface area contributed by atoms with E-state index in [0.29, 0.717) is 10.0 Å². The zero-order valence-corrected chi connectivity index (χ0v) is 15.2. The predicted octanol–water partition coefficient (Wildman–Crippen LogP) is 4.79. The zero-order chi connectivity index (χ0) is 17.1. The fraction of sp³-hybridized carbons (Fsp3) is 0.278. The summed E-state index contributed by atoms with van der Waals surface area (Å²) < 4.78 is 4.13. The summed E-state index contributed by atoms with van der Waals surface area (Å²) in [6.07, 6.45) is 4.32. The Balaban J connectivity index is 1.73. The van der Waals surface area contributed by atoms with E-state index in [1.54, 1.807) is 0 Å². The molecule has 0 aliphatic carbocycles. The van der Waals surface area contributed by atoms with Crippen LogP contribution in [0.25, 0.3) is 10.9 Å². The maximum atomic E-state index is 12.2. The summed E-state index contributed by atoms with van der Waals surface area (Å²) in [5, 5.41) is 5.03. The molecule has 0 aliphatic heterocycles. The van der Waals surface area contributed by atoms with Crippen LogP contribution >= 0.6 is 23.1 Å². The molecule has 3 aromatic rings. The molecule has 1 aromatic carbocycles. The predicted molar refractivity (Wildman–Crippen MR) is 99.9 cm³/mol. The number of anilines is 1. The Kier molecular flexibility index (Phi) is 5.11. The Morgan fingerprint density at radius 3 is 2.83 bits per heavy atom. The highest BCUT2D eigenvalue weighted by atomic mass is 35.5. The molecular weight excluding hydrogens is 342 g/mol. The summed E-state index contributed by atoms with van der Waals surface area (Å²) in [5.41, 5.74) is 3.81. The lowest BCUT2D eigenvalue weighted by molar-refractivity contribution is -0.115. The van der Waals surface area contributed by atoms with Gasteiger partial charge in [0.25, 0.3) is 0 Å². The van der Waals surface area contributed by atoms with Gasteiger partial charge in [0.05, 0.1) is 22.7 Å². The first-order valence-electron chi connectivity index (χ1n) is 7.86. The molecule has 0 radical (unpaired) electrons. The first-order chi connectivity index (χ1) is 11.6. The lowest BCUT2D eigenvalue weighted by Gasteiger charge is -2.06. The second-order valence-corrected chi connectivity index (χ2v) is 6.91. The number of aromatic nitrogens is 2. The van der Waals surface area contributed by atoms with E-state index < -0.39 is 0 Å². The second-order valence-electron chi connectivity index (χ2n) is 5.76. The topological polar surface area (TPSA) is 54.9 Å². The smallest absolute Gasteiger partial charge is 0.229 e. The molecule has 4 nitrogen and oxygen atoms in total. The van der Waals surface area contributed by atoms with Gasteiger partial charge in [0.15, 0.2) is 0 Å². The Bertz CT molecular complexity index is 891. The van der Waals surface area contributed by atoms with Gasteiger partial charge in [-0.25, -0.2) is 0 Å². The van der Waals surface area contributed by atoms with Crippen molar-refractivity contribution in [1.82, 2.24) is 9.36 Å². The van der Waals surface area contributed by atoms with Gasteiger partial charge in [0.2, 0.25) is 5.91 Å². The van der Waals surface area contributed by atoms with Crippen LogP contribution in [0.5, 0.6) is 0 Å². The molecule has 1 amide bonds. The van der Waals surface area contributed by atoms with Crippen molar-refractivity contribution in [3.8, 4) is 0 Å². The van der Waals surface area contributed by atoms with E-state index in [9.17, 15) is 4.79 Å². The van der Waals surface area contributed by atoms with Crippen molar-refractivity contribution >= 4 is 44.9 Å². The lowest BCUT2D eigenvalue weighted by atomic mass is 10.1. The lowest BCUT2D eigenvalue weighted by Crippen LogP contribution is -2.13. The van der Waals surface area contributed by atoms with E-state index in [1.807, 2.05) is 31.3 Å². The molecule has 2 aromatic heterocycles. The Morgan fingerprint density at radius 1 is 1.29 bits per heavy atom. The minimum atomic E-state index is -0.109. The molecule has 1 N–H and O–H groups in total. The standard InChI is InChI=1S/C18H18ClN3OS/c1-3-4-13-7-14-6-5-12(8-15(14)20-10-13)9-16(23)21-18-17(19)11(2)22-24-18/h5-8,10H,3-4,9H2,1-2H3,(H,21,23). The van der Waals surface area contributed by atoms with E-state index in [2.05, 4.69) is 27.7 Å². The summed E-state index contributed by atoms with van der Waals surface area (Å²) in [6, 6.07) is 8.12. The highest BCUT2D eigenvalue weighted by molar-refractivity contribution is 7.11. The van der Waals surface area contributed by atoms with Gasteiger partial charge in [-0.3, -0.25) is 9.78 Å². The SMILES string of the molecule is CCCc1cnc2cc(CC(=O)Nc3snc(C)c3Cl)ccc2c1. The molecule has 3 rings (SSSR count). The third-order valence-corrected chi connectivity index (χ3v) is 5.18. The maximum absolute atomic E-state index is 12.2. The number of amides is 1. The first-order valence-corrected chi connectivity index (χ1v) is 9.01. The normalized spacial score (nSPS) is 11.0. The fourth-order valence-corrected chi connectivity index (χ4v) is 3.49. The molecule has 0 aliphatic rings. The molecule has 24 heavy (non-hydrogen) atoms. The Labute approximate surface area is 150 Å². The molecule has 2 heterocycles. The number of carbonyl (C=O) groups excluding carboxylic acids is 1. The number of pyridine rings is 1. The molecular formula is C18H18ClN3OS. The van der Waals surface area contributed by atoms with Gasteiger partial charge in [0, 0.05) is 11.6 Å². The Morgan fingerprint density at radius 2 is 2.12 bits per heavy atom. The average Bonchev–Trinajstić information content (AvgIpc) is 2.87. The first kappa shape index (κ1) is 16.9. The van der Waals surface area contributed by atoms with Gasteiger partial charge in [-0.05, 0) is 48.1 Å². The number of hydrogen-bond donors (Lipinski definition) is 1. The number of halogens is 1. The zero-order valence-electron chi connectivity index (χ0n) is 13.6. The highest BCUT2D eigenvalue weighted by Gasteiger charge is 2.12. The molecule has 124 valence electrons. The molecule has 0 spiro atoms. The van der Waals surface area contributed by atoms with Crippen LogP contribution < -0.4 is 5.32 Å². The maximum Gasteiger partial charge on any atom is 0.229 e. The summed E-state index contributed by atoms with van der Waals surface area (Å²) in [6.45, 7) is 3.97. The van der Waals surface area contributed by atoms with Crippen molar-refractivity contribution in [1.29, 1.82) is 0 Å². The van der Waals surface area contributed by atoms with Crippen molar-refractivity contribution in [3.63, 3.8) is 0 Å². The molecule has 0 saturated carbocycles. The number of aryl methyl sites for hydroxylation is 2. The number of rotatable bonds is 5. The molecule has 0 saturated heterocycles. The van der Waals surface area contributed by atoms with Crippen LogP contribution in [0, 0.1) is 6.92 Å². The fourth-order valence-electron chi connectivity index (χ4n) is 2.54. The van der Waals surface area contributed by atoms with Gasteiger partial charge in [-0.15, -0.1) is 0 Å². The van der Waals surface area contributed by atoms with Crippen LogP contribution in [0.4, 0.5) is 5.00 Å². The van der Waals surface area contributed by atoms with Crippen LogP contribution in [0.2, 0.25) is 5.02 Å². The third kappa shape index (κ3) is 3.74. The third-order valence-electron chi connectivity index (χ3n) is 3.75. The van der Waals surface area contributed by atoms with Crippen molar-refractivity contribution in [2.75, 3.05) is 5.32 Å². The molecule has 0 unspecified atom stereocenters.